The van der Waals surface area contributed by atoms with Crippen LogP contribution in [0.3, 0.4) is 0 Å². The zero-order valence-electron chi connectivity index (χ0n) is 8.49. The Hall–Kier alpha value is -1.62. The van der Waals surface area contributed by atoms with Crippen LogP contribution in [0, 0.1) is 5.92 Å². The van der Waals surface area contributed by atoms with Crippen LogP contribution in [-0.2, 0) is 0 Å². The lowest BCUT2D eigenvalue weighted by atomic mass is 10.2. The van der Waals surface area contributed by atoms with Gasteiger partial charge in [-0.3, -0.25) is 9.59 Å². The topological polar surface area (TPSA) is 82.2 Å². The van der Waals surface area contributed by atoms with E-state index in [1.165, 1.54) is 18.3 Å². The Morgan fingerprint density at radius 2 is 2.33 bits per heavy atom. The summed E-state index contributed by atoms with van der Waals surface area (Å²) in [5.41, 5.74) is 0.162. The Kier molecular flexibility index (Phi) is 4.05. The molecule has 1 atom stereocenters. The molecule has 0 saturated carbocycles. The van der Waals surface area contributed by atoms with Gasteiger partial charge in [0.2, 0.25) is 5.56 Å². The van der Waals surface area contributed by atoms with Crippen molar-refractivity contribution in [2.24, 2.45) is 5.92 Å². The largest absolute Gasteiger partial charge is 0.396 e. The van der Waals surface area contributed by atoms with Gasteiger partial charge in [0.25, 0.3) is 5.91 Å². The number of carbonyl (C=O) groups excluding carboxylic acids is 1. The van der Waals surface area contributed by atoms with E-state index >= 15 is 0 Å². The third-order valence-corrected chi connectivity index (χ3v) is 1.97. The van der Waals surface area contributed by atoms with Crippen molar-refractivity contribution in [3.8, 4) is 0 Å². The third-order valence-electron chi connectivity index (χ3n) is 1.97. The van der Waals surface area contributed by atoms with Gasteiger partial charge in [0.1, 0.15) is 0 Å². The van der Waals surface area contributed by atoms with Crippen molar-refractivity contribution in [1.82, 2.24) is 10.3 Å². The van der Waals surface area contributed by atoms with E-state index in [0.717, 1.165) is 0 Å². The summed E-state index contributed by atoms with van der Waals surface area (Å²) < 4.78 is 0. The monoisotopic (exact) mass is 210 g/mol. The van der Waals surface area contributed by atoms with Gasteiger partial charge in [-0.2, -0.15) is 0 Å². The molecule has 0 spiro atoms. The van der Waals surface area contributed by atoms with E-state index < -0.39 is 0 Å². The van der Waals surface area contributed by atoms with Gasteiger partial charge in [-0.15, -0.1) is 0 Å². The van der Waals surface area contributed by atoms with Crippen LogP contribution in [0.5, 0.6) is 0 Å². The van der Waals surface area contributed by atoms with Crippen molar-refractivity contribution >= 4 is 5.91 Å². The van der Waals surface area contributed by atoms with Crippen molar-refractivity contribution in [3.05, 3.63) is 34.2 Å². The Bertz CT molecular complexity index is 366. The number of amides is 1. The first kappa shape index (κ1) is 11.5. The maximum atomic E-state index is 11.5. The molecule has 0 radical (unpaired) electrons. The first-order valence-corrected chi connectivity index (χ1v) is 4.71. The molecule has 15 heavy (non-hydrogen) atoms. The second kappa shape index (κ2) is 5.31. The fourth-order valence-electron chi connectivity index (χ4n) is 0.985. The number of H-pyrrole nitrogens is 1. The molecule has 5 nitrogen and oxygen atoms in total. The molecular formula is C10H14N2O3. The number of rotatable bonds is 4. The minimum Gasteiger partial charge on any atom is -0.396 e. The van der Waals surface area contributed by atoms with Crippen LogP contribution in [0.4, 0.5) is 0 Å². The molecule has 0 aliphatic rings. The second-order valence-electron chi connectivity index (χ2n) is 3.44. The van der Waals surface area contributed by atoms with Crippen LogP contribution in [0.2, 0.25) is 0 Å². The van der Waals surface area contributed by atoms with Gasteiger partial charge in [0, 0.05) is 25.4 Å². The van der Waals surface area contributed by atoms with Gasteiger partial charge in [-0.25, -0.2) is 0 Å². The van der Waals surface area contributed by atoms with Gasteiger partial charge >= 0.3 is 0 Å². The van der Waals surface area contributed by atoms with Crippen LogP contribution >= 0.6 is 0 Å². The number of aliphatic hydroxyl groups is 1. The maximum Gasteiger partial charge on any atom is 0.252 e. The van der Waals surface area contributed by atoms with E-state index in [1.54, 1.807) is 0 Å². The normalized spacial score (nSPS) is 12.1. The molecular weight excluding hydrogens is 196 g/mol. The molecule has 0 aromatic carbocycles. The van der Waals surface area contributed by atoms with E-state index in [4.69, 9.17) is 5.11 Å². The number of carbonyl (C=O) groups is 1. The molecule has 0 fully saturated rings. The fourth-order valence-corrected chi connectivity index (χ4v) is 0.985. The smallest absolute Gasteiger partial charge is 0.252 e. The minimum absolute atomic E-state index is 0.0247. The maximum absolute atomic E-state index is 11.5. The first-order chi connectivity index (χ1) is 7.13. The average Bonchev–Trinajstić information content (AvgIpc) is 2.26. The highest BCUT2D eigenvalue weighted by Crippen LogP contribution is 1.95. The van der Waals surface area contributed by atoms with E-state index in [1.807, 2.05) is 6.92 Å². The van der Waals surface area contributed by atoms with E-state index in [9.17, 15) is 9.59 Å². The number of pyridine rings is 1. The number of hydrogen-bond acceptors (Lipinski definition) is 3. The van der Waals surface area contributed by atoms with Crippen LogP contribution < -0.4 is 10.9 Å². The van der Waals surface area contributed by atoms with Gasteiger partial charge < -0.3 is 15.4 Å². The zero-order chi connectivity index (χ0) is 11.3. The summed E-state index contributed by atoms with van der Waals surface area (Å²) in [6.07, 6.45) is 1.36. The standard InChI is InChI=1S/C10H14N2O3/c1-7(6-13)4-12-10(15)8-2-3-9(14)11-5-8/h2-3,5,7,13H,4,6H2,1H3,(H,11,14)(H,12,15). The average molecular weight is 210 g/mol. The summed E-state index contributed by atoms with van der Waals surface area (Å²) in [6, 6.07) is 2.75. The van der Waals surface area contributed by atoms with E-state index in [-0.39, 0.29) is 24.0 Å². The molecule has 82 valence electrons. The molecule has 1 aromatic heterocycles. The van der Waals surface area contributed by atoms with Crippen molar-refractivity contribution < 1.29 is 9.90 Å². The number of nitrogens with one attached hydrogen (secondary N) is 2. The van der Waals surface area contributed by atoms with E-state index in [2.05, 4.69) is 10.3 Å². The number of hydrogen-bond donors (Lipinski definition) is 3. The highest BCUT2D eigenvalue weighted by Gasteiger charge is 2.06. The van der Waals surface area contributed by atoms with Gasteiger partial charge in [0.05, 0.1) is 5.56 Å². The first-order valence-electron chi connectivity index (χ1n) is 4.71. The lowest BCUT2D eigenvalue weighted by molar-refractivity contribution is 0.0942. The molecule has 1 aromatic rings. The predicted molar refractivity (Wildman–Crippen MR) is 55.6 cm³/mol. The quantitative estimate of drug-likeness (QED) is 0.640. The molecule has 0 aliphatic carbocycles. The molecule has 0 aliphatic heterocycles. The molecule has 0 saturated heterocycles. The van der Waals surface area contributed by atoms with Crippen molar-refractivity contribution in [2.45, 2.75) is 6.92 Å². The van der Waals surface area contributed by atoms with Gasteiger partial charge in [-0.05, 0) is 12.0 Å². The zero-order valence-corrected chi connectivity index (χ0v) is 8.49. The molecule has 5 heteroatoms. The molecule has 1 unspecified atom stereocenters. The van der Waals surface area contributed by atoms with Gasteiger partial charge in [-0.1, -0.05) is 6.92 Å². The highest BCUT2D eigenvalue weighted by molar-refractivity contribution is 5.93. The van der Waals surface area contributed by atoms with Crippen molar-refractivity contribution in [2.75, 3.05) is 13.2 Å². The Balaban J connectivity index is 2.54. The summed E-state index contributed by atoms with van der Waals surface area (Å²) in [5, 5.41) is 11.4. The van der Waals surface area contributed by atoms with Crippen LogP contribution in [0.1, 0.15) is 17.3 Å². The summed E-state index contributed by atoms with van der Waals surface area (Å²) in [6.45, 7) is 2.27. The Morgan fingerprint density at radius 1 is 1.60 bits per heavy atom. The molecule has 1 rings (SSSR count). The van der Waals surface area contributed by atoms with Crippen molar-refractivity contribution in [1.29, 1.82) is 0 Å². The molecule has 1 heterocycles. The summed E-state index contributed by atoms with van der Waals surface area (Å²) in [4.78, 5) is 24.6. The number of aliphatic hydroxyl groups excluding tert-OH is 1. The highest BCUT2D eigenvalue weighted by atomic mass is 16.3. The third kappa shape index (κ3) is 3.55. The summed E-state index contributed by atoms with van der Waals surface area (Å²) in [7, 11) is 0. The Morgan fingerprint density at radius 3 is 2.87 bits per heavy atom. The fraction of sp³-hybridized carbons (Fsp3) is 0.400. The second-order valence-corrected chi connectivity index (χ2v) is 3.44. The molecule has 0 bridgehead atoms. The SMILES string of the molecule is CC(CO)CNC(=O)c1ccc(=O)[nH]c1. The van der Waals surface area contributed by atoms with Crippen LogP contribution in [0.25, 0.3) is 0 Å². The van der Waals surface area contributed by atoms with Crippen molar-refractivity contribution in [3.63, 3.8) is 0 Å². The lowest BCUT2D eigenvalue weighted by Crippen LogP contribution is -2.29. The summed E-state index contributed by atoms with van der Waals surface area (Å²) >= 11 is 0. The molecule has 1 amide bonds. The Labute approximate surface area is 87.1 Å². The lowest BCUT2D eigenvalue weighted by Gasteiger charge is -2.09. The predicted octanol–water partition coefficient (Wildman–Crippen LogP) is -0.267. The van der Waals surface area contributed by atoms with Crippen LogP contribution in [-0.4, -0.2) is 29.1 Å². The van der Waals surface area contributed by atoms with Crippen LogP contribution in [0.15, 0.2) is 23.1 Å². The number of aromatic amines is 1. The summed E-state index contributed by atoms with van der Waals surface area (Å²) in [5.74, 6) is -0.233. The molecule has 3 N–H and O–H groups in total. The van der Waals surface area contributed by atoms with Gasteiger partial charge in [0.15, 0.2) is 0 Å². The van der Waals surface area contributed by atoms with E-state index in [0.29, 0.717) is 12.1 Å². The minimum atomic E-state index is -0.258. The number of aromatic nitrogens is 1.